The Labute approximate surface area is 133 Å². The minimum absolute atomic E-state index is 0.226. The second-order valence-corrected chi connectivity index (χ2v) is 5.83. The number of carbonyl (C=O) groups excluding carboxylic acids is 2. The molecule has 114 valence electrons. The minimum Gasteiger partial charge on any atom is -0.269 e. The van der Waals surface area contributed by atoms with Gasteiger partial charge in [0.25, 0.3) is 17.8 Å². The standard InChI is InChI=1S/C15H16ClN4O2/c1-9-4-6-10(7-5-9)8-20-11-12(17-14(20)16)18(2)15(22)19(3)13(11)21/h4-7,11H,8H2,1-3H3/q+1. The zero-order chi connectivity index (χ0) is 16.0. The van der Waals surface area contributed by atoms with Gasteiger partial charge >= 0.3 is 11.3 Å². The highest BCUT2D eigenvalue weighted by Gasteiger charge is 2.52. The Kier molecular flexibility index (Phi) is 3.48. The molecule has 7 heteroatoms. The number of likely N-dealkylation sites (N-methyl/N-ethyl adjacent to an activating group) is 2. The predicted octanol–water partition coefficient (Wildman–Crippen LogP) is 1.41. The molecule has 1 unspecified atom stereocenters. The van der Waals surface area contributed by atoms with Crippen LogP contribution >= 0.6 is 11.6 Å². The van der Waals surface area contributed by atoms with Crippen LogP contribution in [0.5, 0.6) is 0 Å². The van der Waals surface area contributed by atoms with Crippen molar-refractivity contribution < 1.29 is 14.2 Å². The first-order chi connectivity index (χ1) is 10.4. The third-order valence-corrected chi connectivity index (χ3v) is 4.26. The summed E-state index contributed by atoms with van der Waals surface area (Å²) in [6.45, 7) is 2.47. The third-order valence-electron chi connectivity index (χ3n) is 3.96. The number of imide groups is 1. The first kappa shape index (κ1) is 14.7. The summed E-state index contributed by atoms with van der Waals surface area (Å²) in [6.07, 6.45) is 0. The molecule has 1 aromatic carbocycles. The van der Waals surface area contributed by atoms with E-state index in [9.17, 15) is 9.59 Å². The number of hydrogen-bond acceptors (Lipinski definition) is 3. The van der Waals surface area contributed by atoms with E-state index in [1.807, 2.05) is 31.2 Å². The van der Waals surface area contributed by atoms with E-state index in [0.717, 1.165) is 16.0 Å². The fourth-order valence-corrected chi connectivity index (χ4v) is 2.86. The van der Waals surface area contributed by atoms with Crippen molar-refractivity contribution in [2.24, 2.45) is 4.99 Å². The van der Waals surface area contributed by atoms with E-state index < -0.39 is 12.1 Å². The highest BCUT2D eigenvalue weighted by Crippen LogP contribution is 2.21. The number of hydrogen-bond donors (Lipinski definition) is 0. The third kappa shape index (κ3) is 2.20. The lowest BCUT2D eigenvalue weighted by atomic mass is 10.1. The highest BCUT2D eigenvalue weighted by atomic mass is 35.5. The van der Waals surface area contributed by atoms with Gasteiger partial charge in [0.2, 0.25) is 0 Å². The summed E-state index contributed by atoms with van der Waals surface area (Å²) in [5.74, 6) is 0.0647. The maximum Gasteiger partial charge on any atom is 0.394 e. The number of fused-ring (bicyclic) bond motifs is 1. The summed E-state index contributed by atoms with van der Waals surface area (Å²) in [5, 5.41) is 0.226. The smallest absolute Gasteiger partial charge is 0.269 e. The molecule has 1 aromatic rings. The van der Waals surface area contributed by atoms with Gasteiger partial charge in [0.15, 0.2) is 0 Å². The second kappa shape index (κ2) is 5.21. The minimum atomic E-state index is -0.651. The maximum atomic E-state index is 12.4. The number of halogens is 1. The SMILES string of the molecule is Cc1ccc(C[N+]2=C(Cl)N=C3C2C(=O)N(C)C(=O)N3C)cc1. The molecule has 2 heterocycles. The Morgan fingerprint density at radius 3 is 2.45 bits per heavy atom. The number of aliphatic imine (C=N–C) groups is 1. The average Bonchev–Trinajstić information content (AvgIpc) is 2.82. The number of amidine groups is 2. The van der Waals surface area contributed by atoms with Crippen molar-refractivity contribution in [3.63, 3.8) is 0 Å². The molecule has 3 amide bonds. The molecule has 0 radical (unpaired) electrons. The fourth-order valence-electron chi connectivity index (χ4n) is 2.62. The van der Waals surface area contributed by atoms with Crippen molar-refractivity contribution in [3.8, 4) is 0 Å². The molecule has 1 atom stereocenters. The summed E-state index contributed by atoms with van der Waals surface area (Å²) in [5.41, 5.74) is 2.19. The van der Waals surface area contributed by atoms with E-state index in [-0.39, 0.29) is 11.2 Å². The fraction of sp³-hybridized carbons (Fsp3) is 0.333. The van der Waals surface area contributed by atoms with E-state index in [1.165, 1.54) is 11.9 Å². The number of benzene rings is 1. The van der Waals surface area contributed by atoms with Crippen LogP contribution in [-0.2, 0) is 11.3 Å². The molecule has 6 nitrogen and oxygen atoms in total. The van der Waals surface area contributed by atoms with Crippen molar-refractivity contribution >= 4 is 34.7 Å². The molecule has 2 aliphatic rings. The normalized spacial score (nSPS) is 21.5. The van der Waals surface area contributed by atoms with Crippen molar-refractivity contribution in [2.45, 2.75) is 19.5 Å². The zero-order valence-corrected chi connectivity index (χ0v) is 13.3. The van der Waals surface area contributed by atoms with Gasteiger partial charge in [-0.25, -0.2) is 9.37 Å². The predicted molar refractivity (Wildman–Crippen MR) is 83.2 cm³/mol. The quantitative estimate of drug-likeness (QED) is 0.611. The largest absolute Gasteiger partial charge is 0.394 e. The number of amides is 3. The zero-order valence-electron chi connectivity index (χ0n) is 12.6. The molecule has 3 rings (SSSR count). The molecule has 0 aliphatic carbocycles. The second-order valence-electron chi connectivity index (χ2n) is 5.49. The van der Waals surface area contributed by atoms with Gasteiger partial charge in [-0.2, -0.15) is 0 Å². The van der Waals surface area contributed by atoms with Crippen LogP contribution in [0.1, 0.15) is 11.1 Å². The monoisotopic (exact) mass is 319 g/mol. The van der Waals surface area contributed by atoms with Gasteiger partial charge in [0.05, 0.1) is 0 Å². The molecular weight excluding hydrogens is 304 g/mol. The van der Waals surface area contributed by atoms with Gasteiger partial charge < -0.3 is 0 Å². The Balaban J connectivity index is 1.93. The first-order valence-electron chi connectivity index (χ1n) is 6.88. The molecule has 0 aromatic heterocycles. The summed E-state index contributed by atoms with van der Waals surface area (Å²) < 4.78 is 1.71. The van der Waals surface area contributed by atoms with Crippen LogP contribution in [-0.4, -0.2) is 57.6 Å². The van der Waals surface area contributed by atoms with Gasteiger partial charge in [-0.1, -0.05) is 29.8 Å². The van der Waals surface area contributed by atoms with Crippen LogP contribution in [0.25, 0.3) is 0 Å². The Hall–Kier alpha value is -2.21. The van der Waals surface area contributed by atoms with Gasteiger partial charge in [0.1, 0.15) is 6.54 Å². The number of urea groups is 1. The number of nitrogens with zero attached hydrogens (tertiary/aromatic N) is 4. The van der Waals surface area contributed by atoms with Crippen LogP contribution in [0.3, 0.4) is 0 Å². The highest BCUT2D eigenvalue weighted by molar-refractivity contribution is 6.65. The topological polar surface area (TPSA) is 56.0 Å². The first-order valence-corrected chi connectivity index (χ1v) is 7.26. The molecule has 2 aliphatic heterocycles. The van der Waals surface area contributed by atoms with E-state index in [0.29, 0.717) is 12.4 Å². The molecular formula is C15H16ClN4O2+. The molecule has 0 bridgehead atoms. The Morgan fingerprint density at radius 1 is 1.18 bits per heavy atom. The summed E-state index contributed by atoms with van der Waals surface area (Å²) >= 11 is 6.21. The van der Waals surface area contributed by atoms with Crippen molar-refractivity contribution in [1.82, 2.24) is 9.80 Å². The average molecular weight is 320 g/mol. The lowest BCUT2D eigenvalue weighted by Gasteiger charge is -2.30. The number of carbonyl (C=O) groups is 2. The van der Waals surface area contributed by atoms with E-state index in [2.05, 4.69) is 4.99 Å². The van der Waals surface area contributed by atoms with Crippen LogP contribution in [0.2, 0.25) is 0 Å². The van der Waals surface area contributed by atoms with Crippen LogP contribution in [0, 0.1) is 6.92 Å². The molecule has 22 heavy (non-hydrogen) atoms. The van der Waals surface area contributed by atoms with Crippen LogP contribution in [0.15, 0.2) is 29.3 Å². The Bertz CT molecular complexity index is 724. The lowest BCUT2D eigenvalue weighted by molar-refractivity contribution is -0.549. The summed E-state index contributed by atoms with van der Waals surface area (Å²) in [6, 6.07) is 6.94. The van der Waals surface area contributed by atoms with E-state index in [4.69, 9.17) is 11.6 Å². The molecule has 0 saturated carbocycles. The lowest BCUT2D eigenvalue weighted by Crippen LogP contribution is -2.61. The summed E-state index contributed by atoms with van der Waals surface area (Å²) in [4.78, 5) is 31.1. The maximum absolute atomic E-state index is 12.4. The molecule has 1 saturated heterocycles. The number of aryl methyl sites for hydroxylation is 1. The van der Waals surface area contributed by atoms with Crippen LogP contribution in [0.4, 0.5) is 4.79 Å². The molecule has 1 fully saturated rings. The molecule has 0 spiro atoms. The summed E-state index contributed by atoms with van der Waals surface area (Å²) in [7, 11) is 3.06. The van der Waals surface area contributed by atoms with Crippen LogP contribution < -0.4 is 0 Å². The van der Waals surface area contributed by atoms with Gasteiger partial charge in [-0.3, -0.25) is 14.6 Å². The van der Waals surface area contributed by atoms with Crippen molar-refractivity contribution in [1.29, 1.82) is 0 Å². The van der Waals surface area contributed by atoms with E-state index in [1.54, 1.807) is 11.6 Å². The van der Waals surface area contributed by atoms with E-state index >= 15 is 0 Å². The van der Waals surface area contributed by atoms with Gasteiger partial charge in [0, 0.05) is 25.7 Å². The van der Waals surface area contributed by atoms with Gasteiger partial charge in [-0.05, 0) is 17.5 Å². The molecule has 0 N–H and O–H groups in total. The van der Waals surface area contributed by atoms with Crippen molar-refractivity contribution in [2.75, 3.05) is 14.1 Å². The van der Waals surface area contributed by atoms with Crippen molar-refractivity contribution in [3.05, 3.63) is 35.4 Å². The van der Waals surface area contributed by atoms with Gasteiger partial charge in [-0.15, -0.1) is 0 Å². The Morgan fingerprint density at radius 2 is 1.82 bits per heavy atom. The number of rotatable bonds is 2.